The minimum absolute atomic E-state index is 0.434. The lowest BCUT2D eigenvalue weighted by Crippen LogP contribution is -2.33. The summed E-state index contributed by atoms with van der Waals surface area (Å²) < 4.78 is 25.3. The van der Waals surface area contributed by atoms with Gasteiger partial charge >= 0.3 is 0 Å². The monoisotopic (exact) mass is 397 g/mol. The van der Waals surface area contributed by atoms with E-state index in [2.05, 4.69) is 29.2 Å². The van der Waals surface area contributed by atoms with Crippen LogP contribution < -0.4 is 0 Å². The summed E-state index contributed by atoms with van der Waals surface area (Å²) in [6, 6.07) is 17.8. The van der Waals surface area contributed by atoms with Crippen LogP contribution in [-0.2, 0) is 16.3 Å². The van der Waals surface area contributed by atoms with Gasteiger partial charge in [0.15, 0.2) is 9.84 Å². The predicted octanol–water partition coefficient (Wildman–Crippen LogP) is 4.68. The van der Waals surface area contributed by atoms with Gasteiger partial charge in [-0.2, -0.15) is 0 Å². The Kier molecular flexibility index (Phi) is 5.36. The maximum atomic E-state index is 13.0. The summed E-state index contributed by atoms with van der Waals surface area (Å²) in [5.74, 6) is 1.42. The highest BCUT2D eigenvalue weighted by molar-refractivity contribution is 7.92. The first-order valence-electron chi connectivity index (χ1n) is 10.5. The minimum atomic E-state index is -3.31. The number of benzene rings is 2. The molecule has 3 nitrogen and oxygen atoms in total. The van der Waals surface area contributed by atoms with Crippen LogP contribution in [0.25, 0.3) is 0 Å². The first-order chi connectivity index (χ1) is 13.4. The maximum Gasteiger partial charge on any atom is 0.183 e. The zero-order valence-corrected chi connectivity index (χ0v) is 17.8. The molecule has 1 saturated heterocycles. The molecule has 0 N–H and O–H groups in total. The lowest BCUT2D eigenvalue weighted by atomic mass is 9.77. The Labute approximate surface area is 169 Å². The predicted molar refractivity (Wildman–Crippen MR) is 114 cm³/mol. The summed E-state index contributed by atoms with van der Waals surface area (Å²) in [5.41, 5.74) is 3.08. The summed E-state index contributed by atoms with van der Waals surface area (Å²) in [7, 11) is -3.31. The second-order valence-electron chi connectivity index (χ2n) is 9.04. The van der Waals surface area contributed by atoms with Gasteiger partial charge < -0.3 is 4.90 Å². The molecule has 0 aromatic heterocycles. The molecule has 2 aromatic rings. The van der Waals surface area contributed by atoms with Gasteiger partial charge in [0.25, 0.3) is 0 Å². The summed E-state index contributed by atoms with van der Waals surface area (Å²) in [4.78, 5) is 2.99. The Morgan fingerprint density at radius 1 is 1.00 bits per heavy atom. The second kappa shape index (κ2) is 7.64. The van der Waals surface area contributed by atoms with E-state index in [0.29, 0.717) is 17.2 Å². The van der Waals surface area contributed by atoms with E-state index >= 15 is 0 Å². The van der Waals surface area contributed by atoms with E-state index in [-0.39, 0.29) is 0 Å². The van der Waals surface area contributed by atoms with Crippen molar-refractivity contribution in [3.63, 3.8) is 0 Å². The first kappa shape index (κ1) is 19.7. The number of hydrogen-bond donors (Lipinski definition) is 0. The van der Waals surface area contributed by atoms with E-state index in [4.69, 9.17) is 0 Å². The Hall–Kier alpha value is -1.65. The Morgan fingerprint density at radius 3 is 2.50 bits per heavy atom. The number of nitrogens with zero attached hydrogens (tertiary/aromatic N) is 1. The van der Waals surface area contributed by atoms with Gasteiger partial charge in [-0.25, -0.2) is 8.42 Å². The van der Waals surface area contributed by atoms with E-state index in [1.807, 2.05) is 19.9 Å². The Morgan fingerprint density at radius 2 is 1.71 bits per heavy atom. The quantitative estimate of drug-likeness (QED) is 0.710. The van der Waals surface area contributed by atoms with Gasteiger partial charge in [0, 0.05) is 19.0 Å². The molecule has 28 heavy (non-hydrogen) atoms. The van der Waals surface area contributed by atoms with Crippen molar-refractivity contribution in [2.24, 2.45) is 5.92 Å². The van der Waals surface area contributed by atoms with Crippen molar-refractivity contribution < 1.29 is 8.42 Å². The van der Waals surface area contributed by atoms with E-state index < -0.39 is 14.6 Å². The molecular weight excluding hydrogens is 366 g/mol. The molecule has 1 heterocycles. The molecular formula is C24H31NO2S. The molecule has 0 saturated carbocycles. The highest BCUT2D eigenvalue weighted by Crippen LogP contribution is 2.41. The molecule has 1 fully saturated rings. The van der Waals surface area contributed by atoms with Crippen LogP contribution in [0.4, 0.5) is 0 Å². The van der Waals surface area contributed by atoms with Crippen molar-refractivity contribution in [1.29, 1.82) is 0 Å². The first-order valence-corrected chi connectivity index (χ1v) is 12.0. The molecule has 0 bridgehead atoms. The van der Waals surface area contributed by atoms with Crippen LogP contribution in [0.15, 0.2) is 59.5 Å². The molecule has 0 amide bonds. The molecule has 0 spiro atoms. The van der Waals surface area contributed by atoms with Crippen LogP contribution in [0, 0.1) is 5.92 Å². The third-order valence-electron chi connectivity index (χ3n) is 6.79. The van der Waals surface area contributed by atoms with Crippen LogP contribution in [0.5, 0.6) is 0 Å². The van der Waals surface area contributed by atoms with Gasteiger partial charge in [-0.3, -0.25) is 0 Å². The van der Waals surface area contributed by atoms with Gasteiger partial charge in [0.05, 0.1) is 9.64 Å². The fourth-order valence-corrected chi connectivity index (χ4v) is 6.60. The molecule has 4 rings (SSSR count). The molecule has 2 atom stereocenters. The summed E-state index contributed by atoms with van der Waals surface area (Å²) in [6.45, 7) is 7.01. The standard InChI is InChI=1S/C24H31NO2S/c1-24(2,28(26,27)21-10-4-3-5-11-21)15-8-16-25-17-20-14-13-19-9-6-7-12-22(19)23(20)18-25/h3-7,9-12,20,23H,8,13-18H2,1-2H3. The van der Waals surface area contributed by atoms with Gasteiger partial charge in [0.1, 0.15) is 0 Å². The number of hydrogen-bond acceptors (Lipinski definition) is 3. The fourth-order valence-electron chi connectivity index (χ4n) is 5.03. The van der Waals surface area contributed by atoms with Gasteiger partial charge in [-0.05, 0) is 75.3 Å². The fraction of sp³-hybridized carbons (Fsp3) is 0.500. The number of likely N-dealkylation sites (tertiary alicyclic amines) is 1. The Balaban J connectivity index is 1.36. The van der Waals surface area contributed by atoms with Crippen LogP contribution in [-0.4, -0.2) is 37.7 Å². The molecule has 1 aliphatic carbocycles. The van der Waals surface area contributed by atoms with Gasteiger partial charge in [0.2, 0.25) is 0 Å². The van der Waals surface area contributed by atoms with Crippen molar-refractivity contribution in [3.8, 4) is 0 Å². The molecule has 2 unspecified atom stereocenters. The zero-order valence-electron chi connectivity index (χ0n) is 17.0. The Bertz CT molecular complexity index is 921. The number of sulfone groups is 1. The lowest BCUT2D eigenvalue weighted by Gasteiger charge is -2.27. The highest BCUT2D eigenvalue weighted by Gasteiger charge is 2.38. The van der Waals surface area contributed by atoms with Crippen molar-refractivity contribution in [1.82, 2.24) is 4.90 Å². The molecule has 1 aliphatic heterocycles. The molecule has 2 aromatic carbocycles. The van der Waals surface area contributed by atoms with E-state index in [0.717, 1.165) is 32.0 Å². The van der Waals surface area contributed by atoms with Crippen molar-refractivity contribution in [2.45, 2.75) is 55.1 Å². The van der Waals surface area contributed by atoms with Gasteiger partial charge in [-0.1, -0.05) is 42.5 Å². The van der Waals surface area contributed by atoms with Crippen molar-refractivity contribution in [2.75, 3.05) is 19.6 Å². The molecule has 4 heteroatoms. The average Bonchev–Trinajstić information content (AvgIpc) is 3.12. The van der Waals surface area contributed by atoms with Crippen LogP contribution in [0.1, 0.15) is 50.2 Å². The van der Waals surface area contributed by atoms with Crippen LogP contribution in [0.2, 0.25) is 0 Å². The van der Waals surface area contributed by atoms with Crippen LogP contribution in [0.3, 0.4) is 0 Å². The maximum absolute atomic E-state index is 13.0. The number of rotatable bonds is 6. The lowest BCUT2D eigenvalue weighted by molar-refractivity contribution is 0.308. The van der Waals surface area contributed by atoms with Crippen molar-refractivity contribution in [3.05, 3.63) is 65.7 Å². The average molecular weight is 398 g/mol. The van der Waals surface area contributed by atoms with E-state index in [9.17, 15) is 8.42 Å². The molecule has 0 radical (unpaired) electrons. The number of aryl methyl sites for hydroxylation is 1. The molecule has 150 valence electrons. The van der Waals surface area contributed by atoms with Crippen molar-refractivity contribution >= 4 is 9.84 Å². The summed E-state index contributed by atoms with van der Waals surface area (Å²) >= 11 is 0. The topological polar surface area (TPSA) is 37.4 Å². The number of fused-ring (bicyclic) bond motifs is 3. The zero-order chi connectivity index (χ0) is 19.8. The largest absolute Gasteiger partial charge is 0.302 e. The summed E-state index contributed by atoms with van der Waals surface area (Å²) in [6.07, 6.45) is 4.09. The highest BCUT2D eigenvalue weighted by atomic mass is 32.2. The van der Waals surface area contributed by atoms with Crippen LogP contribution >= 0.6 is 0 Å². The SMILES string of the molecule is CC(C)(CCCN1CC2CCc3ccccc3C2C1)S(=O)(=O)c1ccccc1. The minimum Gasteiger partial charge on any atom is -0.302 e. The molecule has 2 aliphatic rings. The third-order valence-corrected chi connectivity index (χ3v) is 9.34. The van der Waals surface area contributed by atoms with E-state index in [1.165, 1.54) is 18.4 Å². The van der Waals surface area contributed by atoms with E-state index in [1.54, 1.807) is 29.8 Å². The smallest absolute Gasteiger partial charge is 0.183 e. The second-order valence-corrected chi connectivity index (χ2v) is 11.6. The van der Waals surface area contributed by atoms with Gasteiger partial charge in [-0.15, -0.1) is 0 Å². The normalized spacial score (nSPS) is 22.6. The summed E-state index contributed by atoms with van der Waals surface area (Å²) in [5, 5.41) is 0. The third kappa shape index (κ3) is 3.65.